The molecule has 1 aromatic carbocycles. The molecule has 1 saturated heterocycles. The number of likely N-dealkylation sites (tertiary alicyclic amines) is 1. The average Bonchev–Trinajstić information content (AvgIpc) is 3.03. The number of rotatable bonds is 7. The van der Waals surface area contributed by atoms with Gasteiger partial charge in [-0.15, -0.1) is 0 Å². The Morgan fingerprint density at radius 3 is 2.22 bits per heavy atom. The molecule has 32 heavy (non-hydrogen) atoms. The lowest BCUT2D eigenvalue weighted by molar-refractivity contribution is -0.161. The number of fused-ring (bicyclic) bond motifs is 1. The molecule has 9 nitrogen and oxygen atoms in total. The highest BCUT2D eigenvalue weighted by molar-refractivity contribution is 6.07. The summed E-state index contributed by atoms with van der Waals surface area (Å²) in [7, 11) is 1.42. The highest BCUT2D eigenvalue weighted by Gasteiger charge is 2.51. The van der Waals surface area contributed by atoms with E-state index in [-0.39, 0.29) is 36.1 Å². The van der Waals surface area contributed by atoms with Crippen LogP contribution in [0.25, 0.3) is 0 Å². The van der Waals surface area contributed by atoms with Crippen molar-refractivity contribution in [1.29, 1.82) is 0 Å². The number of hydrogen-bond donors (Lipinski definition) is 1. The summed E-state index contributed by atoms with van der Waals surface area (Å²) in [6.07, 6.45) is 3.10. The van der Waals surface area contributed by atoms with Crippen molar-refractivity contribution in [1.82, 2.24) is 9.80 Å². The van der Waals surface area contributed by atoms with Crippen LogP contribution < -0.4 is 5.32 Å². The third-order valence-electron chi connectivity index (χ3n) is 6.08. The van der Waals surface area contributed by atoms with Gasteiger partial charge in [0, 0.05) is 12.7 Å². The van der Waals surface area contributed by atoms with Gasteiger partial charge in [0.2, 0.25) is 17.7 Å². The van der Waals surface area contributed by atoms with E-state index in [9.17, 15) is 24.0 Å². The Morgan fingerprint density at radius 2 is 1.66 bits per heavy atom. The van der Waals surface area contributed by atoms with E-state index in [2.05, 4.69) is 5.32 Å². The summed E-state index contributed by atoms with van der Waals surface area (Å²) in [5.74, 6) is -3.16. The lowest BCUT2D eigenvalue weighted by Gasteiger charge is -2.22. The highest BCUT2D eigenvalue weighted by atomic mass is 16.5. The number of carbonyl (C=O) groups excluding carboxylic acids is 5. The smallest absolute Gasteiger partial charge is 0.329 e. The fourth-order valence-electron chi connectivity index (χ4n) is 4.18. The van der Waals surface area contributed by atoms with Gasteiger partial charge in [-0.1, -0.05) is 30.5 Å². The number of imide groups is 1. The summed E-state index contributed by atoms with van der Waals surface area (Å²) in [6.45, 7) is 2.56. The van der Waals surface area contributed by atoms with Crippen molar-refractivity contribution in [3.8, 4) is 0 Å². The Labute approximate surface area is 187 Å². The van der Waals surface area contributed by atoms with Crippen molar-refractivity contribution in [3.63, 3.8) is 0 Å². The maximum Gasteiger partial charge on any atom is 0.329 e. The van der Waals surface area contributed by atoms with Crippen LogP contribution in [0.3, 0.4) is 0 Å². The van der Waals surface area contributed by atoms with Crippen LogP contribution in [0.15, 0.2) is 24.3 Å². The van der Waals surface area contributed by atoms with E-state index in [0.717, 1.165) is 28.2 Å². The lowest BCUT2D eigenvalue weighted by atomic mass is 9.81. The molecule has 0 spiro atoms. The number of anilines is 1. The average molecular weight is 444 g/mol. The monoisotopic (exact) mass is 443 g/mol. The number of ether oxygens (including phenoxy) is 1. The molecule has 1 aromatic rings. The van der Waals surface area contributed by atoms with Crippen LogP contribution in [0.5, 0.6) is 0 Å². The van der Waals surface area contributed by atoms with Crippen molar-refractivity contribution in [2.45, 2.75) is 45.6 Å². The highest BCUT2D eigenvalue weighted by Crippen LogP contribution is 2.38. The molecule has 1 aliphatic heterocycles. The molecule has 4 amide bonds. The maximum atomic E-state index is 12.6. The molecule has 9 heteroatoms. The predicted molar refractivity (Wildman–Crippen MR) is 115 cm³/mol. The molecule has 0 radical (unpaired) electrons. The largest absolute Gasteiger partial charge is 0.454 e. The molecule has 2 fully saturated rings. The summed E-state index contributed by atoms with van der Waals surface area (Å²) in [4.78, 5) is 64.2. The molecule has 3 rings (SSSR count). The summed E-state index contributed by atoms with van der Waals surface area (Å²) in [6, 6.07) is 6.14. The zero-order valence-corrected chi connectivity index (χ0v) is 18.6. The number of likely N-dealkylation sites (N-methyl/N-ethyl adjacent to an activating group) is 1. The van der Waals surface area contributed by atoms with Crippen LogP contribution in [-0.4, -0.2) is 65.6 Å². The molecule has 1 heterocycles. The van der Waals surface area contributed by atoms with E-state index in [0.29, 0.717) is 18.5 Å². The summed E-state index contributed by atoms with van der Waals surface area (Å²) in [5.41, 5.74) is 1.67. The van der Waals surface area contributed by atoms with Crippen LogP contribution in [0.2, 0.25) is 0 Å². The molecular weight excluding hydrogens is 414 g/mol. The predicted octanol–water partition coefficient (Wildman–Crippen LogP) is 1.50. The van der Waals surface area contributed by atoms with Gasteiger partial charge in [-0.05, 0) is 38.8 Å². The van der Waals surface area contributed by atoms with Gasteiger partial charge in [-0.3, -0.25) is 24.1 Å². The zero-order valence-electron chi connectivity index (χ0n) is 18.6. The standard InChI is InChI=1S/C23H29N3O6/c1-14-8-10-16(11-9-14)24-19(27)12-25(3)20(28)13-32-23(31)15(2)26-21(29)17-6-4-5-7-18(17)22(26)30/h8-11,15,17-18H,4-7,12-13H2,1-3H3,(H,24,27). The normalized spacial score (nSPS) is 21.0. The fourth-order valence-corrected chi connectivity index (χ4v) is 4.18. The molecule has 1 saturated carbocycles. The molecule has 1 N–H and O–H groups in total. The lowest BCUT2D eigenvalue weighted by Crippen LogP contribution is -2.45. The first-order valence-electron chi connectivity index (χ1n) is 10.8. The van der Waals surface area contributed by atoms with Crippen LogP contribution >= 0.6 is 0 Å². The number of nitrogens with zero attached hydrogens (tertiary/aromatic N) is 2. The van der Waals surface area contributed by atoms with Crippen LogP contribution in [-0.2, 0) is 28.7 Å². The van der Waals surface area contributed by atoms with Gasteiger partial charge in [-0.2, -0.15) is 0 Å². The van der Waals surface area contributed by atoms with Gasteiger partial charge in [-0.25, -0.2) is 4.79 Å². The number of hydrogen-bond acceptors (Lipinski definition) is 6. The van der Waals surface area contributed by atoms with E-state index in [1.165, 1.54) is 14.0 Å². The topological polar surface area (TPSA) is 113 Å². The second-order valence-electron chi connectivity index (χ2n) is 8.49. The van der Waals surface area contributed by atoms with Crippen LogP contribution in [0.1, 0.15) is 38.2 Å². The third kappa shape index (κ3) is 5.15. The van der Waals surface area contributed by atoms with E-state index in [1.807, 2.05) is 19.1 Å². The number of nitrogens with one attached hydrogen (secondary N) is 1. The molecule has 3 atom stereocenters. The molecular formula is C23H29N3O6. The number of benzene rings is 1. The summed E-state index contributed by atoms with van der Waals surface area (Å²) in [5, 5.41) is 2.69. The third-order valence-corrected chi connectivity index (χ3v) is 6.08. The minimum Gasteiger partial charge on any atom is -0.454 e. The minimum atomic E-state index is -1.09. The molecule has 0 aromatic heterocycles. The maximum absolute atomic E-state index is 12.6. The first-order valence-corrected chi connectivity index (χ1v) is 10.8. The van der Waals surface area contributed by atoms with Gasteiger partial charge >= 0.3 is 5.97 Å². The molecule has 172 valence electrons. The Bertz CT molecular complexity index is 889. The Hall–Kier alpha value is -3.23. The van der Waals surface area contributed by atoms with Crippen molar-refractivity contribution < 1.29 is 28.7 Å². The van der Waals surface area contributed by atoms with E-state index >= 15 is 0 Å². The molecule has 0 bridgehead atoms. The van der Waals surface area contributed by atoms with E-state index in [1.54, 1.807) is 12.1 Å². The Balaban J connectivity index is 1.47. The molecule has 2 aliphatic rings. The Morgan fingerprint density at radius 1 is 1.09 bits per heavy atom. The van der Waals surface area contributed by atoms with Crippen LogP contribution in [0, 0.1) is 18.8 Å². The van der Waals surface area contributed by atoms with Gasteiger partial charge in [0.1, 0.15) is 6.04 Å². The van der Waals surface area contributed by atoms with Gasteiger partial charge in [0.15, 0.2) is 6.61 Å². The van der Waals surface area contributed by atoms with Crippen molar-refractivity contribution in [3.05, 3.63) is 29.8 Å². The van der Waals surface area contributed by atoms with Crippen molar-refractivity contribution in [2.75, 3.05) is 25.5 Å². The second kappa shape index (κ2) is 9.93. The van der Waals surface area contributed by atoms with Gasteiger partial charge in [0.25, 0.3) is 5.91 Å². The SMILES string of the molecule is Cc1ccc(NC(=O)CN(C)C(=O)COC(=O)C(C)N2C(=O)C3CCCCC3C2=O)cc1. The Kier molecular flexibility index (Phi) is 7.27. The zero-order chi connectivity index (χ0) is 23.4. The number of amides is 4. The van der Waals surface area contributed by atoms with Gasteiger partial charge in [0.05, 0.1) is 18.4 Å². The molecule has 1 aliphatic carbocycles. The fraction of sp³-hybridized carbons (Fsp3) is 0.522. The number of aryl methyl sites for hydroxylation is 1. The number of carbonyl (C=O) groups is 5. The summed E-state index contributed by atoms with van der Waals surface area (Å²) < 4.78 is 5.05. The van der Waals surface area contributed by atoms with Gasteiger partial charge < -0.3 is 15.0 Å². The first kappa shape index (κ1) is 23.4. The van der Waals surface area contributed by atoms with Crippen molar-refractivity contribution in [2.24, 2.45) is 11.8 Å². The van der Waals surface area contributed by atoms with Crippen molar-refractivity contribution >= 4 is 35.3 Å². The summed E-state index contributed by atoms with van der Waals surface area (Å²) >= 11 is 0. The minimum absolute atomic E-state index is 0.216. The van der Waals surface area contributed by atoms with Crippen LogP contribution in [0.4, 0.5) is 5.69 Å². The van der Waals surface area contributed by atoms with E-state index in [4.69, 9.17) is 4.74 Å². The quantitative estimate of drug-likeness (QED) is 0.505. The molecule has 3 unspecified atom stereocenters. The second-order valence-corrected chi connectivity index (χ2v) is 8.49. The number of esters is 1. The van der Waals surface area contributed by atoms with E-state index < -0.39 is 24.5 Å². The first-order chi connectivity index (χ1) is 15.2.